The first kappa shape index (κ1) is 22.4. The Morgan fingerprint density at radius 3 is 2.32 bits per heavy atom. The summed E-state index contributed by atoms with van der Waals surface area (Å²) in [6.07, 6.45) is 0.685. The summed E-state index contributed by atoms with van der Waals surface area (Å²) in [6, 6.07) is 19.6. The number of carbonyl (C=O) groups excluding carboxylic acids is 1. The van der Waals surface area contributed by atoms with Gasteiger partial charge in [-0.15, -0.1) is 0 Å². The fourth-order valence-corrected chi connectivity index (χ4v) is 4.69. The molecular formula is C24H26N2O4S. The lowest BCUT2D eigenvalue weighted by molar-refractivity contribution is 0.0955. The molecule has 0 aliphatic heterocycles. The first-order valence-corrected chi connectivity index (χ1v) is 11.4. The Kier molecular flexibility index (Phi) is 6.97. The zero-order chi connectivity index (χ0) is 22.4. The van der Waals surface area contributed by atoms with Gasteiger partial charge in [0.25, 0.3) is 15.9 Å². The van der Waals surface area contributed by atoms with Crippen molar-refractivity contribution in [2.45, 2.75) is 25.2 Å². The number of aryl methyl sites for hydroxylation is 2. The Morgan fingerprint density at radius 2 is 1.61 bits per heavy atom. The summed E-state index contributed by atoms with van der Waals surface area (Å²) in [6.45, 7) is 3.94. The summed E-state index contributed by atoms with van der Waals surface area (Å²) >= 11 is 0. The van der Waals surface area contributed by atoms with E-state index in [1.807, 2.05) is 30.3 Å². The predicted molar refractivity (Wildman–Crippen MR) is 122 cm³/mol. The molecule has 0 fully saturated rings. The molecular weight excluding hydrogens is 412 g/mol. The number of benzene rings is 3. The molecule has 2 N–H and O–H groups in total. The maximum Gasteiger partial charge on any atom is 0.262 e. The lowest BCUT2D eigenvalue weighted by atomic mass is 10.1. The van der Waals surface area contributed by atoms with Gasteiger partial charge < -0.3 is 10.1 Å². The van der Waals surface area contributed by atoms with E-state index in [-0.39, 0.29) is 22.1 Å². The van der Waals surface area contributed by atoms with Gasteiger partial charge in [-0.05, 0) is 61.2 Å². The van der Waals surface area contributed by atoms with Gasteiger partial charge >= 0.3 is 0 Å². The van der Waals surface area contributed by atoms with E-state index in [2.05, 4.69) is 10.0 Å². The van der Waals surface area contributed by atoms with Crippen LogP contribution in [0.2, 0.25) is 0 Å². The summed E-state index contributed by atoms with van der Waals surface area (Å²) in [4.78, 5) is 12.9. The predicted octanol–water partition coefficient (Wildman–Crippen LogP) is 4.09. The fraction of sp³-hybridized carbons (Fsp3) is 0.208. The zero-order valence-corrected chi connectivity index (χ0v) is 18.6. The lowest BCUT2D eigenvalue weighted by Crippen LogP contribution is -2.27. The monoisotopic (exact) mass is 438 g/mol. The number of hydrogen-bond acceptors (Lipinski definition) is 4. The highest BCUT2D eigenvalue weighted by Gasteiger charge is 2.21. The molecule has 3 rings (SSSR count). The Balaban J connectivity index is 1.78. The Morgan fingerprint density at radius 1 is 0.935 bits per heavy atom. The number of ether oxygens (including phenoxy) is 1. The van der Waals surface area contributed by atoms with Gasteiger partial charge in [0.2, 0.25) is 0 Å². The molecule has 0 aliphatic carbocycles. The van der Waals surface area contributed by atoms with Gasteiger partial charge in [0.15, 0.2) is 0 Å². The highest BCUT2D eigenvalue weighted by Crippen LogP contribution is 2.28. The van der Waals surface area contributed by atoms with Crippen molar-refractivity contribution in [1.82, 2.24) is 5.32 Å². The lowest BCUT2D eigenvalue weighted by Gasteiger charge is -2.15. The van der Waals surface area contributed by atoms with E-state index in [0.717, 1.165) is 5.56 Å². The zero-order valence-electron chi connectivity index (χ0n) is 17.8. The van der Waals surface area contributed by atoms with Gasteiger partial charge in [0.1, 0.15) is 5.75 Å². The molecule has 0 radical (unpaired) electrons. The molecule has 31 heavy (non-hydrogen) atoms. The second-order valence-electron chi connectivity index (χ2n) is 7.23. The first-order valence-electron chi connectivity index (χ1n) is 9.91. The maximum absolute atomic E-state index is 13.1. The van der Waals surface area contributed by atoms with E-state index < -0.39 is 10.0 Å². The number of rotatable bonds is 8. The molecule has 7 heteroatoms. The Hall–Kier alpha value is -3.32. The summed E-state index contributed by atoms with van der Waals surface area (Å²) < 4.78 is 34.0. The molecule has 0 aliphatic rings. The van der Waals surface area contributed by atoms with Crippen molar-refractivity contribution in [3.8, 4) is 5.75 Å². The third-order valence-electron chi connectivity index (χ3n) is 4.94. The van der Waals surface area contributed by atoms with Crippen LogP contribution in [0.5, 0.6) is 5.75 Å². The molecule has 0 aromatic heterocycles. The highest BCUT2D eigenvalue weighted by molar-refractivity contribution is 7.92. The quantitative estimate of drug-likeness (QED) is 0.555. The third kappa shape index (κ3) is 5.44. The molecule has 0 heterocycles. The van der Waals surface area contributed by atoms with E-state index in [4.69, 9.17) is 4.74 Å². The number of amides is 1. The third-order valence-corrected chi connectivity index (χ3v) is 6.45. The van der Waals surface area contributed by atoms with Crippen molar-refractivity contribution in [2.24, 2.45) is 0 Å². The van der Waals surface area contributed by atoms with Gasteiger partial charge in [-0.3, -0.25) is 9.52 Å². The largest absolute Gasteiger partial charge is 0.496 e. The van der Waals surface area contributed by atoms with Crippen LogP contribution in [0, 0.1) is 13.8 Å². The van der Waals surface area contributed by atoms with Gasteiger partial charge in [-0.25, -0.2) is 8.42 Å². The topological polar surface area (TPSA) is 84.5 Å². The average Bonchev–Trinajstić information content (AvgIpc) is 2.75. The van der Waals surface area contributed by atoms with Crippen LogP contribution in [0.1, 0.15) is 27.0 Å². The van der Waals surface area contributed by atoms with Crippen LogP contribution in [0.25, 0.3) is 0 Å². The molecule has 0 atom stereocenters. The van der Waals surface area contributed by atoms with Gasteiger partial charge in [0, 0.05) is 6.54 Å². The second kappa shape index (κ2) is 9.66. The molecule has 3 aromatic carbocycles. The van der Waals surface area contributed by atoms with Gasteiger partial charge in [0.05, 0.1) is 23.3 Å². The number of anilines is 1. The van der Waals surface area contributed by atoms with Crippen LogP contribution in [0.15, 0.2) is 71.6 Å². The van der Waals surface area contributed by atoms with Crippen LogP contribution in [0.4, 0.5) is 5.69 Å². The number of hydrogen-bond donors (Lipinski definition) is 2. The van der Waals surface area contributed by atoms with Crippen LogP contribution >= 0.6 is 0 Å². The number of sulfonamides is 1. The number of para-hydroxylation sites is 1. The van der Waals surface area contributed by atoms with Gasteiger partial charge in [-0.2, -0.15) is 0 Å². The first-order chi connectivity index (χ1) is 14.8. The van der Waals surface area contributed by atoms with E-state index in [1.165, 1.54) is 0 Å². The molecule has 0 unspecified atom stereocenters. The van der Waals surface area contributed by atoms with Crippen molar-refractivity contribution in [2.75, 3.05) is 18.4 Å². The van der Waals surface area contributed by atoms with Crippen LogP contribution in [-0.4, -0.2) is 28.0 Å². The number of nitrogens with one attached hydrogen (secondary N) is 2. The second-order valence-corrected chi connectivity index (χ2v) is 8.88. The van der Waals surface area contributed by atoms with E-state index in [9.17, 15) is 13.2 Å². The summed E-state index contributed by atoms with van der Waals surface area (Å²) in [5.41, 5.74) is 2.87. The highest BCUT2D eigenvalue weighted by atomic mass is 32.2. The number of carbonyl (C=O) groups is 1. The maximum atomic E-state index is 13.1. The van der Waals surface area contributed by atoms with E-state index >= 15 is 0 Å². The molecule has 1 amide bonds. The van der Waals surface area contributed by atoms with Crippen LogP contribution in [-0.2, 0) is 16.4 Å². The summed E-state index contributed by atoms with van der Waals surface area (Å²) in [7, 11) is -2.35. The smallest absolute Gasteiger partial charge is 0.262 e. The molecule has 6 nitrogen and oxygen atoms in total. The molecule has 3 aromatic rings. The SMILES string of the molecule is COc1cc(C)c(S(=O)(=O)Nc2ccccc2C(=O)NCCc2ccccc2)cc1C. The molecule has 0 saturated heterocycles. The number of methoxy groups -OCH3 is 1. The van der Waals surface area contributed by atoms with E-state index in [1.54, 1.807) is 57.4 Å². The molecule has 0 spiro atoms. The molecule has 162 valence electrons. The van der Waals surface area contributed by atoms with Gasteiger partial charge in [-0.1, -0.05) is 42.5 Å². The van der Waals surface area contributed by atoms with Crippen LogP contribution in [0.3, 0.4) is 0 Å². The molecule has 0 bridgehead atoms. The summed E-state index contributed by atoms with van der Waals surface area (Å²) in [5, 5.41) is 2.86. The van der Waals surface area contributed by atoms with Crippen molar-refractivity contribution >= 4 is 21.6 Å². The van der Waals surface area contributed by atoms with Crippen LogP contribution < -0.4 is 14.8 Å². The fourth-order valence-electron chi connectivity index (χ4n) is 3.30. The standard InChI is InChI=1S/C24H26N2O4S/c1-17-16-23(18(2)15-22(17)30-3)31(28,29)26-21-12-8-7-11-20(21)24(27)25-14-13-19-9-5-4-6-10-19/h4-12,15-16,26H,13-14H2,1-3H3,(H,25,27). The minimum atomic E-state index is -3.90. The van der Waals surface area contributed by atoms with E-state index in [0.29, 0.717) is 29.8 Å². The Labute approximate surface area is 183 Å². The normalized spacial score (nSPS) is 11.1. The van der Waals surface area contributed by atoms with Crippen molar-refractivity contribution in [1.29, 1.82) is 0 Å². The van der Waals surface area contributed by atoms with Crippen molar-refractivity contribution < 1.29 is 17.9 Å². The Bertz CT molecular complexity index is 1180. The average molecular weight is 439 g/mol. The minimum Gasteiger partial charge on any atom is -0.496 e. The van der Waals surface area contributed by atoms with Crippen molar-refractivity contribution in [3.05, 3.63) is 89.0 Å². The van der Waals surface area contributed by atoms with Crippen molar-refractivity contribution in [3.63, 3.8) is 0 Å². The minimum absolute atomic E-state index is 0.144. The summed E-state index contributed by atoms with van der Waals surface area (Å²) in [5.74, 6) is 0.284. The molecule has 0 saturated carbocycles.